The van der Waals surface area contributed by atoms with Crippen molar-refractivity contribution in [1.82, 2.24) is 45.5 Å². The van der Waals surface area contributed by atoms with Gasteiger partial charge in [0.1, 0.15) is 70.2 Å². The van der Waals surface area contributed by atoms with Crippen molar-refractivity contribution in [2.24, 2.45) is 5.92 Å². The van der Waals surface area contributed by atoms with E-state index >= 15 is 17.6 Å². The molecule has 6 atom stereocenters. The topological polar surface area (TPSA) is 232 Å². The molecule has 4 aliphatic rings. The van der Waals surface area contributed by atoms with Gasteiger partial charge in [-0.2, -0.15) is 28.4 Å². The summed E-state index contributed by atoms with van der Waals surface area (Å²) in [6.45, 7) is 7.00. The summed E-state index contributed by atoms with van der Waals surface area (Å²) in [6, 6.07) is 19.4. The van der Waals surface area contributed by atoms with Crippen LogP contribution in [0.4, 0.5) is 32.8 Å². The molecule has 4 aromatic heterocycles. The van der Waals surface area contributed by atoms with Crippen molar-refractivity contribution in [3.63, 3.8) is 0 Å². The van der Waals surface area contributed by atoms with Crippen LogP contribution in [0.15, 0.2) is 91.3 Å². The number of pyridine rings is 1. The van der Waals surface area contributed by atoms with E-state index < -0.39 is 65.0 Å². The number of alkyl halides is 3. The molecule has 4 aromatic carbocycles. The number of nitriles is 1. The summed E-state index contributed by atoms with van der Waals surface area (Å²) in [5.41, 5.74) is 7.30. The zero-order valence-electron chi connectivity index (χ0n) is 45.7. The van der Waals surface area contributed by atoms with Gasteiger partial charge in [0.05, 0.1) is 47.4 Å². The second-order valence-electron chi connectivity index (χ2n) is 22.0. The minimum Gasteiger partial charge on any atom is -0.486 e. The number of benzene rings is 4. The quantitative estimate of drug-likeness (QED) is 0.0701. The first-order valence-electron chi connectivity index (χ1n) is 27.7. The number of amides is 2. The fraction of sp³-hybridized carbons (Fsp3) is 0.367. The van der Waals surface area contributed by atoms with Gasteiger partial charge in [0.15, 0.2) is 5.75 Å². The lowest BCUT2D eigenvalue weighted by Crippen LogP contribution is -2.49. The van der Waals surface area contributed by atoms with Gasteiger partial charge in [-0.3, -0.25) is 14.6 Å². The first-order chi connectivity index (χ1) is 40.4. The van der Waals surface area contributed by atoms with E-state index in [0.29, 0.717) is 61.5 Å². The van der Waals surface area contributed by atoms with Gasteiger partial charge in [0.25, 0.3) is 0 Å². The lowest BCUT2D eigenvalue weighted by atomic mass is 9.92. The number of carbonyl (C=O) groups excluding carboxylic acids is 2. The third-order valence-electron chi connectivity index (χ3n) is 16.2. The number of aliphatic hydroxyl groups is 1. The van der Waals surface area contributed by atoms with Crippen LogP contribution in [0, 0.1) is 28.9 Å². The van der Waals surface area contributed by atoms with E-state index in [1.165, 1.54) is 34.0 Å². The van der Waals surface area contributed by atoms with Gasteiger partial charge in [0, 0.05) is 84.6 Å². The summed E-state index contributed by atoms with van der Waals surface area (Å²) >= 11 is 0.760. The molecule has 2 amide bonds. The highest BCUT2D eigenvalue weighted by molar-refractivity contribution is 7.23. The Hall–Kier alpha value is -8.37. The second kappa shape index (κ2) is 22.7. The van der Waals surface area contributed by atoms with Crippen LogP contribution in [0.5, 0.6) is 11.8 Å². The monoisotopic (exact) mass is 1170 g/mol. The molecule has 0 spiro atoms. The Morgan fingerprint density at radius 3 is 2.44 bits per heavy atom. The molecule has 2 bridgehead atoms. The van der Waals surface area contributed by atoms with E-state index in [4.69, 9.17) is 29.9 Å². The van der Waals surface area contributed by atoms with Gasteiger partial charge < -0.3 is 45.5 Å². The summed E-state index contributed by atoms with van der Waals surface area (Å²) in [4.78, 5) is 45.7. The average molecular weight is 1170 g/mol. The summed E-state index contributed by atoms with van der Waals surface area (Å²) in [6.07, 6.45) is -1.39. The van der Waals surface area contributed by atoms with Gasteiger partial charge in [-0.1, -0.05) is 73.7 Å². The minimum absolute atomic E-state index is 0.00946. The second-order valence-corrected chi connectivity index (χ2v) is 23.1. The largest absolute Gasteiger partial charge is 0.486 e. The number of nitrogen functional groups attached to an aromatic ring is 1. The smallest absolute Gasteiger partial charge is 0.417 e. The third kappa shape index (κ3) is 10.7. The van der Waals surface area contributed by atoms with E-state index in [0.717, 1.165) is 35.5 Å². The molecule has 0 unspecified atom stereocenters. The summed E-state index contributed by atoms with van der Waals surface area (Å²) in [5.74, 6) is -2.54. The molecule has 18 nitrogen and oxygen atoms in total. The molecule has 0 saturated carbocycles. The van der Waals surface area contributed by atoms with E-state index in [1.807, 2.05) is 24.8 Å². The number of nitrogens with zero attached hydrogens (tertiary/aromatic N) is 9. The number of aliphatic hydroxyl groups excluding tert-OH is 1. The Morgan fingerprint density at radius 2 is 1.75 bits per heavy atom. The van der Waals surface area contributed by atoms with E-state index in [-0.39, 0.29) is 104 Å². The Bertz CT molecular complexity index is 3870. The molecule has 0 radical (unpaired) electrons. The number of fused-ring (bicyclic) bond motifs is 4. The molecule has 0 aliphatic carbocycles. The van der Waals surface area contributed by atoms with Crippen LogP contribution < -0.4 is 30.7 Å². The Balaban J connectivity index is 0.843. The zero-order chi connectivity index (χ0) is 58.7. The van der Waals surface area contributed by atoms with Crippen molar-refractivity contribution in [3.05, 3.63) is 125 Å². The summed E-state index contributed by atoms with van der Waals surface area (Å²) in [7, 11) is 0. The Labute approximate surface area is 482 Å². The number of hydrogen-bond donors (Lipinski definition) is 4. The van der Waals surface area contributed by atoms with Crippen molar-refractivity contribution >= 4 is 55.0 Å². The lowest BCUT2D eigenvalue weighted by Gasteiger charge is -2.31. The molecule has 4 saturated heterocycles. The van der Waals surface area contributed by atoms with E-state index in [2.05, 4.69) is 25.9 Å². The molecule has 24 heteroatoms. The van der Waals surface area contributed by atoms with Crippen LogP contribution in [-0.4, -0.2) is 115 Å². The van der Waals surface area contributed by atoms with Gasteiger partial charge >= 0.3 is 12.2 Å². The molecule has 12 rings (SSSR count). The molecule has 8 aromatic rings. The van der Waals surface area contributed by atoms with Crippen molar-refractivity contribution in [1.29, 1.82) is 5.26 Å². The van der Waals surface area contributed by atoms with Crippen LogP contribution in [0.2, 0.25) is 0 Å². The standard InChI is InChI=1S/C60H57F5N12O6S/c1-30(2)52(58(80)76-27-38(78)22-47(76)57(79)70-31(3)33-10-12-35(13-11-33)50-44(61)5-4-18-68-50)77-28-46(73-74-77)34-8-6-32(7-9-34)29-82-53-49(40-14-15-45(62)54-48(40)42(24-66)55(67)84-54)43(60(63,64)65)23-41-51(53)71-59(83-39-16-19-81-20-17-39)72-56(41)75-26-36-21-37(75)25-69-36/h4-15,18,23,28,30-31,36-39,47,52,69,78H,16-17,19-22,25-27,29,67H2,1-3H3,(H,70,79)/t31-,36-,37-,38+,47-,52-/m0/s1. The van der Waals surface area contributed by atoms with Crippen molar-refractivity contribution in [2.75, 3.05) is 43.5 Å². The number of hydrogen-bond acceptors (Lipinski definition) is 16. The van der Waals surface area contributed by atoms with Crippen LogP contribution in [0.25, 0.3) is 54.6 Å². The number of aromatic nitrogens is 6. The number of rotatable bonds is 15. The van der Waals surface area contributed by atoms with Gasteiger partial charge in [0.2, 0.25) is 11.8 Å². The highest BCUT2D eigenvalue weighted by atomic mass is 32.1. The maximum Gasteiger partial charge on any atom is 0.417 e. The van der Waals surface area contributed by atoms with Crippen LogP contribution in [0.3, 0.4) is 0 Å². The predicted molar refractivity (Wildman–Crippen MR) is 302 cm³/mol. The van der Waals surface area contributed by atoms with Crippen molar-refractivity contribution < 1.29 is 50.9 Å². The van der Waals surface area contributed by atoms with Gasteiger partial charge in [-0.05, 0) is 60.2 Å². The Kier molecular flexibility index (Phi) is 15.1. The molecule has 4 fully saturated rings. The predicted octanol–water partition coefficient (Wildman–Crippen LogP) is 9.31. The third-order valence-corrected chi connectivity index (χ3v) is 17.2. The number of thiophene rings is 1. The first-order valence-corrected chi connectivity index (χ1v) is 28.5. The lowest BCUT2D eigenvalue weighted by molar-refractivity contribution is -0.142. The van der Waals surface area contributed by atoms with Crippen LogP contribution >= 0.6 is 11.3 Å². The van der Waals surface area contributed by atoms with E-state index in [1.54, 1.807) is 61.7 Å². The molecular formula is C60H57F5N12O6S. The van der Waals surface area contributed by atoms with Gasteiger partial charge in [-0.15, -0.1) is 16.4 Å². The molecule has 5 N–H and O–H groups in total. The Morgan fingerprint density at radius 1 is 0.988 bits per heavy atom. The maximum atomic E-state index is 16.0. The summed E-state index contributed by atoms with van der Waals surface area (Å²) < 4.78 is 98.0. The highest BCUT2D eigenvalue weighted by Gasteiger charge is 2.45. The van der Waals surface area contributed by atoms with E-state index in [9.17, 15) is 24.3 Å². The number of piperazine rings is 1. The van der Waals surface area contributed by atoms with Gasteiger partial charge in [-0.25, -0.2) is 13.5 Å². The number of nitrogens with two attached hydrogens (primary N) is 1. The molecule has 84 heavy (non-hydrogen) atoms. The average Bonchev–Trinajstić information content (AvgIpc) is 1.34. The fourth-order valence-corrected chi connectivity index (χ4v) is 12.9. The molecular weight excluding hydrogens is 1110 g/mol. The number of β-amino-alcohol motifs (C(OH)–C–C–N with tert-alkyl or cyclic N) is 1. The van der Waals surface area contributed by atoms with Crippen molar-refractivity contribution in [2.45, 2.75) is 102 Å². The number of ether oxygens (including phenoxy) is 3. The number of carbonyl (C=O) groups is 2. The number of likely N-dealkylation sites (tertiary alicyclic amines) is 1. The maximum absolute atomic E-state index is 16.0. The highest BCUT2D eigenvalue weighted by Crippen LogP contribution is 2.52. The SMILES string of the molecule is CC(C)[C@@H](C(=O)N1C[C@H](O)C[C@H]1C(=O)N[C@@H](C)c1ccc(-c2ncccc2F)cc1)n1cc(-c2ccc(COc3c(-c4ccc(F)c5sc(N)c(C#N)c45)c(C(F)(F)F)cc4c(N5C[C@@H]6C[C@H]5CN6)nc(OC5CCOCC5)nc34)cc2)nn1. The number of anilines is 2. The minimum atomic E-state index is -5.03. The van der Waals surface area contributed by atoms with Crippen molar-refractivity contribution in [3.8, 4) is 51.5 Å². The zero-order valence-corrected chi connectivity index (χ0v) is 46.6. The molecule has 8 heterocycles. The molecule has 434 valence electrons. The first kappa shape index (κ1) is 56.1. The molecule has 4 aliphatic heterocycles. The normalized spacial score (nSPS) is 19.8. The van der Waals surface area contributed by atoms with Crippen LogP contribution in [0.1, 0.15) is 80.8 Å². The summed E-state index contributed by atoms with van der Waals surface area (Å²) in [5, 5.41) is 36.3. The number of nitrogens with one attached hydrogen (secondary N) is 2. The fourth-order valence-electron chi connectivity index (χ4n) is 11.9. The van der Waals surface area contributed by atoms with Crippen LogP contribution in [-0.2, 0) is 27.1 Å². The number of halogens is 5.